The summed E-state index contributed by atoms with van der Waals surface area (Å²) >= 11 is 0. The molecular weight excluding hydrogens is 324 g/mol. The normalized spacial score (nSPS) is 27.4. The Bertz CT molecular complexity index is 462. The van der Waals surface area contributed by atoms with Gasteiger partial charge in [-0.15, -0.1) is 0 Å². The smallest absolute Gasteiger partial charge is 0.423 e. The third-order valence-electron chi connectivity index (χ3n) is 6.85. The number of hydrogen-bond donors (Lipinski definition) is 0. The van der Waals surface area contributed by atoms with Crippen LogP contribution in [0.1, 0.15) is 89.9 Å². The molecule has 2 saturated carbocycles. The van der Waals surface area contributed by atoms with Crippen molar-refractivity contribution in [1.82, 2.24) is 0 Å². The Labute approximate surface area is 159 Å². The van der Waals surface area contributed by atoms with E-state index in [-0.39, 0.29) is 6.10 Å². The van der Waals surface area contributed by atoms with Crippen molar-refractivity contribution in [2.75, 3.05) is 0 Å². The van der Waals surface area contributed by atoms with Gasteiger partial charge in [0.25, 0.3) is 0 Å². The van der Waals surface area contributed by atoms with Crippen LogP contribution in [-0.4, -0.2) is 17.9 Å². The highest BCUT2D eigenvalue weighted by atomic mass is 16.8. The lowest BCUT2D eigenvalue weighted by Crippen LogP contribution is -2.40. The monoisotopic (exact) mass is 360 g/mol. The molecule has 0 aromatic carbocycles. The van der Waals surface area contributed by atoms with Crippen LogP contribution < -0.4 is 0 Å². The zero-order valence-electron chi connectivity index (χ0n) is 16.3. The van der Waals surface area contributed by atoms with E-state index >= 15 is 0 Å². The Hall–Kier alpha value is -1.25. The number of ether oxygens (including phenoxy) is 2. The molecule has 3 heteroatoms. The predicted molar refractivity (Wildman–Crippen MR) is 105 cm³/mol. The lowest BCUT2D eigenvalue weighted by molar-refractivity contribution is 0.0129. The van der Waals surface area contributed by atoms with Crippen molar-refractivity contribution in [2.24, 2.45) is 11.8 Å². The van der Waals surface area contributed by atoms with Crippen LogP contribution in [0.2, 0.25) is 0 Å². The lowest BCUT2D eigenvalue weighted by atomic mass is 9.77. The van der Waals surface area contributed by atoms with Crippen LogP contribution in [0.3, 0.4) is 0 Å². The largest absolute Gasteiger partial charge is 0.509 e. The summed E-state index contributed by atoms with van der Waals surface area (Å²) in [4.78, 5) is 12.0. The molecule has 1 aliphatic heterocycles. The summed E-state index contributed by atoms with van der Waals surface area (Å²) < 4.78 is 11.5. The predicted octanol–water partition coefficient (Wildman–Crippen LogP) is 6.72. The molecule has 0 aromatic rings. The van der Waals surface area contributed by atoms with E-state index in [2.05, 4.69) is 6.58 Å². The fourth-order valence-corrected chi connectivity index (χ4v) is 5.21. The minimum absolute atomic E-state index is 0.264. The van der Waals surface area contributed by atoms with Gasteiger partial charge in [-0.1, -0.05) is 82.9 Å². The van der Waals surface area contributed by atoms with Crippen molar-refractivity contribution in [3.63, 3.8) is 0 Å². The highest BCUT2D eigenvalue weighted by Crippen LogP contribution is 2.41. The summed E-state index contributed by atoms with van der Waals surface area (Å²) in [6, 6.07) is 0. The number of hydrogen-bond acceptors (Lipinski definition) is 3. The first-order valence-electron chi connectivity index (χ1n) is 10.9. The zero-order valence-corrected chi connectivity index (χ0v) is 16.3. The first kappa shape index (κ1) is 19.5. The van der Waals surface area contributed by atoms with Crippen LogP contribution in [0.5, 0.6) is 0 Å². The van der Waals surface area contributed by atoms with Gasteiger partial charge in [-0.25, -0.2) is 4.79 Å². The summed E-state index contributed by atoms with van der Waals surface area (Å²) in [6.45, 7) is 3.76. The molecule has 0 aromatic heterocycles. The van der Waals surface area contributed by atoms with Crippen molar-refractivity contribution in [3.8, 4) is 0 Å². The minimum atomic E-state index is -0.490. The van der Waals surface area contributed by atoms with Crippen LogP contribution in [0.25, 0.3) is 0 Å². The molecule has 1 atom stereocenters. The second-order valence-electron chi connectivity index (χ2n) is 8.66. The van der Waals surface area contributed by atoms with Crippen molar-refractivity contribution >= 4 is 6.16 Å². The molecule has 3 nitrogen and oxygen atoms in total. The molecule has 0 spiro atoms. The zero-order chi connectivity index (χ0) is 18.2. The number of carbonyl (C=O) groups is 1. The topological polar surface area (TPSA) is 35.5 Å². The van der Waals surface area contributed by atoms with Crippen LogP contribution in [-0.2, 0) is 9.47 Å². The van der Waals surface area contributed by atoms with E-state index in [0.717, 1.165) is 37.5 Å². The van der Waals surface area contributed by atoms with Gasteiger partial charge in [0, 0.05) is 0 Å². The standard InChI is InChI=1S/C23H36O3/c1-2-3-14-21-23(26-22(24)25-21,17-15-19-10-6-4-7-11-19)18-16-20-12-8-5-9-13-20/h2-3,14,19-21H,1,4-13,15-18H2/b14-3+. The van der Waals surface area contributed by atoms with E-state index < -0.39 is 11.8 Å². The van der Waals surface area contributed by atoms with Crippen LogP contribution >= 0.6 is 0 Å². The number of allylic oxidation sites excluding steroid dienone is 2. The SMILES string of the molecule is C=C/C=C/C1OC(=O)OC1(CCC1CCCCC1)CCC1CCCCC1. The molecule has 0 N–H and O–H groups in total. The Morgan fingerprint density at radius 1 is 0.923 bits per heavy atom. The van der Waals surface area contributed by atoms with Gasteiger partial charge < -0.3 is 9.47 Å². The van der Waals surface area contributed by atoms with Crippen LogP contribution in [0.15, 0.2) is 24.8 Å². The second kappa shape index (κ2) is 9.62. The Morgan fingerprint density at radius 2 is 1.46 bits per heavy atom. The average molecular weight is 361 g/mol. The van der Waals surface area contributed by atoms with Gasteiger partial charge >= 0.3 is 6.16 Å². The molecule has 0 radical (unpaired) electrons. The molecule has 3 aliphatic rings. The maximum atomic E-state index is 12.0. The quantitative estimate of drug-likeness (QED) is 0.356. The summed E-state index contributed by atoms with van der Waals surface area (Å²) in [5.41, 5.74) is -0.467. The number of carbonyl (C=O) groups excluding carboxylic acids is 1. The molecule has 1 saturated heterocycles. The van der Waals surface area contributed by atoms with E-state index in [1.54, 1.807) is 6.08 Å². The van der Waals surface area contributed by atoms with Crippen molar-refractivity contribution in [2.45, 2.75) is 102 Å². The molecule has 146 valence electrons. The summed E-state index contributed by atoms with van der Waals surface area (Å²) in [6.07, 6.45) is 22.6. The Balaban J connectivity index is 1.66. The third kappa shape index (κ3) is 5.14. The molecule has 1 unspecified atom stereocenters. The first-order chi connectivity index (χ1) is 12.7. The van der Waals surface area contributed by atoms with Crippen LogP contribution in [0.4, 0.5) is 4.79 Å². The van der Waals surface area contributed by atoms with Gasteiger partial charge in [-0.3, -0.25) is 0 Å². The van der Waals surface area contributed by atoms with Crippen molar-refractivity contribution < 1.29 is 14.3 Å². The fourth-order valence-electron chi connectivity index (χ4n) is 5.21. The molecule has 26 heavy (non-hydrogen) atoms. The maximum Gasteiger partial charge on any atom is 0.509 e. The van der Waals surface area contributed by atoms with Gasteiger partial charge in [0.1, 0.15) is 0 Å². The van der Waals surface area contributed by atoms with Gasteiger partial charge in [0.05, 0.1) is 0 Å². The molecule has 2 aliphatic carbocycles. The Kier molecular flexibility index (Phi) is 7.22. The third-order valence-corrected chi connectivity index (χ3v) is 6.85. The van der Waals surface area contributed by atoms with E-state index in [1.165, 1.54) is 64.2 Å². The summed E-state index contributed by atoms with van der Waals surface area (Å²) in [5, 5.41) is 0. The second-order valence-corrected chi connectivity index (χ2v) is 8.66. The molecule has 0 amide bonds. The van der Waals surface area contributed by atoms with E-state index in [0.29, 0.717) is 0 Å². The average Bonchev–Trinajstić information content (AvgIpc) is 3.00. The minimum Gasteiger partial charge on any atom is -0.423 e. The number of cyclic esters (lactones) is 2. The molecule has 1 heterocycles. The van der Waals surface area contributed by atoms with Gasteiger partial charge in [0.2, 0.25) is 0 Å². The van der Waals surface area contributed by atoms with Crippen molar-refractivity contribution in [1.29, 1.82) is 0 Å². The molecule has 3 rings (SSSR count). The fraction of sp³-hybridized carbons (Fsp3) is 0.783. The van der Waals surface area contributed by atoms with Crippen LogP contribution in [0, 0.1) is 11.8 Å². The molecule has 3 fully saturated rings. The maximum absolute atomic E-state index is 12.0. The van der Waals surface area contributed by atoms with Gasteiger partial charge in [0.15, 0.2) is 11.7 Å². The highest BCUT2D eigenvalue weighted by molar-refractivity contribution is 5.64. The van der Waals surface area contributed by atoms with E-state index in [4.69, 9.17) is 9.47 Å². The molecule has 0 bridgehead atoms. The summed E-state index contributed by atoms with van der Waals surface area (Å²) in [7, 11) is 0. The van der Waals surface area contributed by atoms with Crippen molar-refractivity contribution in [3.05, 3.63) is 24.8 Å². The molecular formula is C23H36O3. The lowest BCUT2D eigenvalue weighted by Gasteiger charge is -2.34. The number of rotatable bonds is 8. The first-order valence-corrected chi connectivity index (χ1v) is 10.9. The van der Waals surface area contributed by atoms with Gasteiger partial charge in [-0.2, -0.15) is 0 Å². The summed E-state index contributed by atoms with van der Waals surface area (Å²) in [5.74, 6) is 1.58. The van der Waals surface area contributed by atoms with E-state index in [1.807, 2.05) is 12.2 Å². The van der Waals surface area contributed by atoms with E-state index in [9.17, 15) is 4.79 Å². The van der Waals surface area contributed by atoms with Gasteiger partial charge in [-0.05, 0) is 43.6 Å². The highest BCUT2D eigenvalue weighted by Gasteiger charge is 2.49. The Morgan fingerprint density at radius 3 is 1.96 bits per heavy atom.